The van der Waals surface area contributed by atoms with Crippen molar-refractivity contribution in [3.8, 4) is 0 Å². The van der Waals surface area contributed by atoms with Crippen LogP contribution in [-0.2, 0) is 11.2 Å². The van der Waals surface area contributed by atoms with Gasteiger partial charge in [0.2, 0.25) is 0 Å². The van der Waals surface area contributed by atoms with Gasteiger partial charge in [0.15, 0.2) is 11.3 Å². The third kappa shape index (κ3) is 2.52. The molecule has 0 aliphatic carbocycles. The summed E-state index contributed by atoms with van der Waals surface area (Å²) in [6.45, 7) is 5.96. The van der Waals surface area contributed by atoms with Gasteiger partial charge in [-0.2, -0.15) is 0 Å². The zero-order valence-corrected chi connectivity index (χ0v) is 12.4. The van der Waals surface area contributed by atoms with Gasteiger partial charge in [-0.25, -0.2) is 4.79 Å². The van der Waals surface area contributed by atoms with E-state index in [1.807, 2.05) is 44.2 Å². The molecule has 110 valence electrons. The molecule has 4 heteroatoms. The molecule has 0 aromatic heterocycles. The lowest BCUT2D eigenvalue weighted by molar-refractivity contribution is -0.139. The predicted octanol–water partition coefficient (Wildman–Crippen LogP) is 2.95. The molecule has 1 heterocycles. The fraction of sp³-hybridized carbons (Fsp3) is 0.562. The largest absolute Gasteiger partial charge is 0.438 e. The fourth-order valence-corrected chi connectivity index (χ4v) is 2.66. The highest BCUT2D eigenvalue weighted by atomic mass is 16.6. The lowest BCUT2D eigenvalue weighted by Gasteiger charge is -2.37. The lowest BCUT2D eigenvalue weighted by atomic mass is 9.87. The van der Waals surface area contributed by atoms with Crippen LogP contribution < -0.4 is 0 Å². The van der Waals surface area contributed by atoms with Crippen LogP contribution in [0.1, 0.15) is 39.2 Å². The molecular formula is C16H23NO3. The van der Waals surface area contributed by atoms with Gasteiger partial charge in [-0.15, -0.1) is 0 Å². The number of aliphatic hydroxyl groups is 1. The van der Waals surface area contributed by atoms with Crippen molar-refractivity contribution in [2.75, 3.05) is 6.54 Å². The number of hydrogen-bond acceptors (Lipinski definition) is 3. The molecule has 0 bridgehead atoms. The Bertz CT molecular complexity index is 472. The van der Waals surface area contributed by atoms with Crippen molar-refractivity contribution < 1.29 is 14.6 Å². The molecule has 1 aromatic rings. The number of hydrogen-bond donors (Lipinski definition) is 1. The minimum Gasteiger partial charge on any atom is -0.438 e. The smallest absolute Gasteiger partial charge is 0.412 e. The highest BCUT2D eigenvalue weighted by Crippen LogP contribution is 2.40. The quantitative estimate of drug-likeness (QED) is 0.900. The van der Waals surface area contributed by atoms with E-state index in [1.165, 1.54) is 10.5 Å². The van der Waals surface area contributed by atoms with Gasteiger partial charge in [0.25, 0.3) is 0 Å². The van der Waals surface area contributed by atoms with Gasteiger partial charge in [0, 0.05) is 6.54 Å². The summed E-state index contributed by atoms with van der Waals surface area (Å²) in [7, 11) is 0. The topological polar surface area (TPSA) is 49.8 Å². The first-order chi connectivity index (χ1) is 9.40. The lowest BCUT2D eigenvalue weighted by Crippen LogP contribution is -2.55. The number of aryl methyl sites for hydroxylation is 1. The van der Waals surface area contributed by atoms with E-state index in [0.29, 0.717) is 13.0 Å². The van der Waals surface area contributed by atoms with Crippen LogP contribution in [0.3, 0.4) is 0 Å². The van der Waals surface area contributed by atoms with Gasteiger partial charge in [-0.05, 0) is 38.7 Å². The van der Waals surface area contributed by atoms with Gasteiger partial charge in [-0.3, -0.25) is 4.90 Å². The third-order valence-electron chi connectivity index (χ3n) is 4.24. The monoisotopic (exact) mass is 277 g/mol. The molecular weight excluding hydrogens is 254 g/mol. The first-order valence-corrected chi connectivity index (χ1v) is 7.17. The Hall–Kier alpha value is -1.55. The second-order valence-electron chi connectivity index (χ2n) is 5.76. The average Bonchev–Trinajstić information content (AvgIpc) is 2.58. The van der Waals surface area contributed by atoms with Crippen LogP contribution in [0, 0.1) is 0 Å². The van der Waals surface area contributed by atoms with Gasteiger partial charge in [-0.1, -0.05) is 37.3 Å². The number of carbonyl (C=O) groups is 1. The molecule has 1 amide bonds. The SMILES string of the molecule is CCCN1C(=O)O[C@@](C)(CCc2ccccc2)[C@]1(C)O. The molecule has 1 aliphatic rings. The molecule has 4 nitrogen and oxygen atoms in total. The molecule has 20 heavy (non-hydrogen) atoms. The second kappa shape index (κ2) is 5.44. The maximum absolute atomic E-state index is 12.0. The summed E-state index contributed by atoms with van der Waals surface area (Å²) in [6, 6.07) is 10.0. The Morgan fingerprint density at radius 3 is 2.50 bits per heavy atom. The van der Waals surface area contributed by atoms with E-state index < -0.39 is 17.4 Å². The summed E-state index contributed by atoms with van der Waals surface area (Å²) in [6.07, 6.45) is 1.73. The normalized spacial score (nSPS) is 29.6. The van der Waals surface area contributed by atoms with Crippen molar-refractivity contribution in [1.29, 1.82) is 0 Å². The number of ether oxygens (including phenoxy) is 1. The van der Waals surface area contributed by atoms with Crippen molar-refractivity contribution in [2.45, 2.75) is 51.4 Å². The van der Waals surface area contributed by atoms with E-state index in [2.05, 4.69) is 0 Å². The van der Waals surface area contributed by atoms with Crippen molar-refractivity contribution in [2.24, 2.45) is 0 Å². The predicted molar refractivity (Wildman–Crippen MR) is 77.3 cm³/mol. The van der Waals surface area contributed by atoms with Crippen molar-refractivity contribution >= 4 is 6.09 Å². The molecule has 0 saturated carbocycles. The molecule has 0 radical (unpaired) electrons. The van der Waals surface area contributed by atoms with Crippen LogP contribution >= 0.6 is 0 Å². The van der Waals surface area contributed by atoms with Gasteiger partial charge < -0.3 is 9.84 Å². The summed E-state index contributed by atoms with van der Waals surface area (Å²) >= 11 is 0. The number of nitrogens with zero attached hydrogens (tertiary/aromatic N) is 1. The summed E-state index contributed by atoms with van der Waals surface area (Å²) in [5.41, 5.74) is -0.973. The number of carbonyl (C=O) groups excluding carboxylic acids is 1. The molecule has 1 saturated heterocycles. The van der Waals surface area contributed by atoms with Crippen molar-refractivity contribution in [3.63, 3.8) is 0 Å². The summed E-state index contributed by atoms with van der Waals surface area (Å²) in [5, 5.41) is 10.7. The summed E-state index contributed by atoms with van der Waals surface area (Å²) < 4.78 is 5.49. The van der Waals surface area contributed by atoms with Crippen LogP contribution in [0.15, 0.2) is 30.3 Å². The first-order valence-electron chi connectivity index (χ1n) is 7.17. The maximum atomic E-state index is 12.0. The number of cyclic esters (lactones) is 1. The van der Waals surface area contributed by atoms with Crippen molar-refractivity contribution in [3.05, 3.63) is 35.9 Å². The third-order valence-corrected chi connectivity index (χ3v) is 4.24. The van der Waals surface area contributed by atoms with Crippen LogP contribution in [0.25, 0.3) is 0 Å². The van der Waals surface area contributed by atoms with E-state index in [4.69, 9.17) is 4.74 Å². The van der Waals surface area contributed by atoms with Crippen LogP contribution in [0.5, 0.6) is 0 Å². The van der Waals surface area contributed by atoms with Gasteiger partial charge >= 0.3 is 6.09 Å². The van der Waals surface area contributed by atoms with E-state index >= 15 is 0 Å². The van der Waals surface area contributed by atoms with Gasteiger partial charge in [0.05, 0.1) is 0 Å². The van der Waals surface area contributed by atoms with E-state index in [0.717, 1.165) is 12.8 Å². The van der Waals surface area contributed by atoms with E-state index in [-0.39, 0.29) is 0 Å². The van der Waals surface area contributed by atoms with Crippen molar-refractivity contribution in [1.82, 2.24) is 4.90 Å². The molecule has 1 fully saturated rings. The minimum absolute atomic E-state index is 0.424. The van der Waals surface area contributed by atoms with Gasteiger partial charge in [0.1, 0.15) is 0 Å². The zero-order chi connectivity index (χ0) is 14.8. The van der Waals surface area contributed by atoms with Crippen LogP contribution in [0.2, 0.25) is 0 Å². The highest BCUT2D eigenvalue weighted by Gasteiger charge is 2.58. The zero-order valence-electron chi connectivity index (χ0n) is 12.4. The Morgan fingerprint density at radius 2 is 1.90 bits per heavy atom. The highest BCUT2D eigenvalue weighted by molar-refractivity contribution is 5.72. The molecule has 0 unspecified atom stereocenters. The maximum Gasteiger partial charge on any atom is 0.412 e. The van der Waals surface area contributed by atoms with E-state index in [9.17, 15) is 9.90 Å². The average molecular weight is 277 g/mol. The van der Waals surface area contributed by atoms with Crippen LogP contribution in [0.4, 0.5) is 4.79 Å². The number of benzene rings is 1. The number of amides is 1. The Kier molecular flexibility index (Phi) is 4.04. The van der Waals surface area contributed by atoms with Crippen LogP contribution in [-0.4, -0.2) is 34.0 Å². The summed E-state index contributed by atoms with van der Waals surface area (Å²) in [4.78, 5) is 13.4. The first kappa shape index (κ1) is 14.9. The van der Waals surface area contributed by atoms with E-state index in [1.54, 1.807) is 6.92 Å². The molecule has 0 spiro atoms. The molecule has 1 N–H and O–H groups in total. The summed E-state index contributed by atoms with van der Waals surface area (Å²) in [5.74, 6) is 0. The fourth-order valence-electron chi connectivity index (χ4n) is 2.66. The molecule has 2 atom stereocenters. The Labute approximate surface area is 120 Å². The Balaban J connectivity index is 2.11. The minimum atomic E-state index is -1.27. The molecule has 1 aliphatic heterocycles. The molecule has 2 rings (SSSR count). The number of rotatable bonds is 5. The standard InChI is InChI=1S/C16H23NO3/c1-4-12-17-14(18)20-15(2,16(17,3)19)11-10-13-8-6-5-7-9-13/h5-9,19H,4,10-12H2,1-3H3/t15-,16-/m0/s1. The molecule has 1 aromatic carbocycles. The second-order valence-corrected chi connectivity index (χ2v) is 5.76. The Morgan fingerprint density at radius 1 is 1.25 bits per heavy atom.